The van der Waals surface area contributed by atoms with E-state index in [0.717, 1.165) is 18.0 Å². The van der Waals surface area contributed by atoms with Crippen molar-refractivity contribution in [2.24, 2.45) is 0 Å². The highest BCUT2D eigenvalue weighted by Gasteiger charge is 2.10. The lowest BCUT2D eigenvalue weighted by Gasteiger charge is -2.22. The summed E-state index contributed by atoms with van der Waals surface area (Å²) in [6.07, 6.45) is 4.16. The topological polar surface area (TPSA) is 23.9 Å². The smallest absolute Gasteiger partial charge is 0.182 e. The highest BCUT2D eigenvalue weighted by atomic mass is 35.5. The molecule has 0 aromatic rings. The summed E-state index contributed by atoms with van der Waals surface area (Å²) in [6.45, 7) is 2.80. The fourth-order valence-corrected chi connectivity index (χ4v) is 0.688. The molecule has 2 nitrogen and oxygen atoms in total. The van der Waals surface area contributed by atoms with Crippen LogP contribution in [0.2, 0.25) is 0 Å². The van der Waals surface area contributed by atoms with Crippen LogP contribution in [0.25, 0.3) is 0 Å². The monoisotopic (exact) mass is 175 g/mol. The van der Waals surface area contributed by atoms with E-state index in [0.29, 0.717) is 4.48 Å². The summed E-state index contributed by atoms with van der Waals surface area (Å²) >= 11 is 5.80. The zero-order chi connectivity index (χ0) is 8.91. The van der Waals surface area contributed by atoms with Gasteiger partial charge in [0.1, 0.15) is 0 Å². The van der Waals surface area contributed by atoms with Gasteiger partial charge >= 0.3 is 0 Å². The SMILES string of the molecule is CC=C(Cl)CC[N+](C)(C)C=N. The summed E-state index contributed by atoms with van der Waals surface area (Å²) in [4.78, 5) is 0. The highest BCUT2D eigenvalue weighted by Crippen LogP contribution is 2.08. The Labute approximate surface area is 73.6 Å². The Balaban J connectivity index is 3.79. The average molecular weight is 176 g/mol. The first-order valence-electron chi connectivity index (χ1n) is 3.67. The van der Waals surface area contributed by atoms with Gasteiger partial charge in [-0.15, -0.1) is 0 Å². The lowest BCUT2D eigenvalue weighted by atomic mass is 10.3. The molecule has 0 aromatic heterocycles. The third-order valence-electron chi connectivity index (χ3n) is 1.59. The van der Waals surface area contributed by atoms with Gasteiger partial charge in [-0.1, -0.05) is 17.7 Å². The molecule has 0 aliphatic heterocycles. The molecule has 0 saturated heterocycles. The molecule has 1 N–H and O–H groups in total. The van der Waals surface area contributed by atoms with Crippen molar-refractivity contribution in [2.45, 2.75) is 13.3 Å². The number of nitrogens with zero attached hydrogens (tertiary/aromatic N) is 1. The van der Waals surface area contributed by atoms with E-state index in [9.17, 15) is 0 Å². The second-order valence-electron chi connectivity index (χ2n) is 3.12. The quantitative estimate of drug-likeness (QED) is 0.385. The second-order valence-corrected chi connectivity index (χ2v) is 3.60. The van der Waals surface area contributed by atoms with Gasteiger partial charge in [-0.25, -0.2) is 0 Å². The summed E-state index contributed by atoms with van der Waals surface area (Å²) in [6, 6.07) is 0. The van der Waals surface area contributed by atoms with E-state index in [4.69, 9.17) is 17.0 Å². The van der Waals surface area contributed by atoms with Gasteiger partial charge in [-0.05, 0) is 6.92 Å². The molecule has 0 bridgehead atoms. The van der Waals surface area contributed by atoms with Gasteiger partial charge in [0.2, 0.25) is 0 Å². The average Bonchev–Trinajstić information content (AvgIpc) is 2.00. The predicted molar refractivity (Wildman–Crippen MR) is 50.0 cm³/mol. The van der Waals surface area contributed by atoms with E-state index in [-0.39, 0.29) is 0 Å². The Morgan fingerprint density at radius 3 is 2.45 bits per heavy atom. The number of nitrogens with one attached hydrogen (secondary N) is 1. The molecular weight excluding hydrogens is 160 g/mol. The molecule has 0 saturated carbocycles. The molecule has 0 fully saturated rings. The van der Waals surface area contributed by atoms with Crippen LogP contribution in [0.15, 0.2) is 11.1 Å². The first-order valence-corrected chi connectivity index (χ1v) is 4.04. The third kappa shape index (κ3) is 4.99. The largest absolute Gasteiger partial charge is 0.286 e. The van der Waals surface area contributed by atoms with Crippen LogP contribution < -0.4 is 0 Å². The number of rotatable bonds is 4. The van der Waals surface area contributed by atoms with Gasteiger partial charge in [0.25, 0.3) is 0 Å². The van der Waals surface area contributed by atoms with Crippen molar-refractivity contribution in [2.75, 3.05) is 20.6 Å². The van der Waals surface area contributed by atoms with Crippen molar-refractivity contribution < 1.29 is 4.48 Å². The molecule has 3 heteroatoms. The maximum Gasteiger partial charge on any atom is 0.182 e. The Kier molecular flexibility index (Phi) is 4.38. The van der Waals surface area contributed by atoms with Crippen molar-refractivity contribution >= 4 is 17.9 Å². The van der Waals surface area contributed by atoms with Crippen LogP contribution in [0.4, 0.5) is 0 Å². The van der Waals surface area contributed by atoms with E-state index in [1.807, 2.05) is 27.1 Å². The van der Waals surface area contributed by atoms with Crippen molar-refractivity contribution in [3.8, 4) is 0 Å². The van der Waals surface area contributed by atoms with Crippen LogP contribution in [0.3, 0.4) is 0 Å². The number of halogens is 1. The maximum absolute atomic E-state index is 7.09. The predicted octanol–water partition coefficient (Wildman–Crippen LogP) is 2.20. The molecule has 0 spiro atoms. The van der Waals surface area contributed by atoms with E-state index < -0.39 is 0 Å². The zero-order valence-corrected chi connectivity index (χ0v) is 8.15. The standard InChI is InChI=1S/C8H16ClN2/c1-4-8(9)5-6-11(2,3)7-10/h4,7,10H,5-6H2,1-3H3/q+1. The van der Waals surface area contributed by atoms with E-state index in [1.165, 1.54) is 6.34 Å². The first kappa shape index (κ1) is 10.7. The Bertz CT molecular complexity index is 161. The summed E-state index contributed by atoms with van der Waals surface area (Å²) in [7, 11) is 3.96. The minimum absolute atomic E-state index is 0.587. The van der Waals surface area contributed by atoms with Crippen LogP contribution in [0, 0.1) is 5.41 Å². The Morgan fingerprint density at radius 1 is 1.55 bits per heavy atom. The summed E-state index contributed by atoms with van der Waals surface area (Å²) in [5.74, 6) is 0. The molecule has 0 aliphatic rings. The van der Waals surface area contributed by atoms with E-state index in [1.54, 1.807) is 0 Å². The zero-order valence-electron chi connectivity index (χ0n) is 7.39. The molecule has 0 aromatic carbocycles. The van der Waals surface area contributed by atoms with Gasteiger partial charge in [-0.3, -0.25) is 9.89 Å². The van der Waals surface area contributed by atoms with Crippen molar-refractivity contribution in [1.29, 1.82) is 5.41 Å². The highest BCUT2D eigenvalue weighted by molar-refractivity contribution is 6.29. The van der Waals surface area contributed by atoms with Gasteiger partial charge in [0, 0.05) is 11.5 Å². The molecule has 0 radical (unpaired) electrons. The summed E-state index contributed by atoms with van der Waals surface area (Å²) < 4.78 is 0.587. The van der Waals surface area contributed by atoms with Gasteiger partial charge in [-0.2, -0.15) is 0 Å². The fraction of sp³-hybridized carbons (Fsp3) is 0.625. The fourth-order valence-electron chi connectivity index (χ4n) is 0.604. The molecule has 11 heavy (non-hydrogen) atoms. The number of quaternary nitrogens is 1. The summed E-state index contributed by atoms with van der Waals surface area (Å²) in [5, 5.41) is 7.96. The van der Waals surface area contributed by atoms with Crippen molar-refractivity contribution in [3.05, 3.63) is 11.1 Å². The molecule has 0 heterocycles. The van der Waals surface area contributed by atoms with E-state index in [2.05, 4.69) is 0 Å². The molecule has 0 atom stereocenters. The number of allylic oxidation sites excluding steroid dienone is 1. The molecule has 0 unspecified atom stereocenters. The van der Waals surface area contributed by atoms with Crippen LogP contribution in [0.5, 0.6) is 0 Å². The molecule has 0 rings (SSSR count). The Morgan fingerprint density at radius 2 is 2.09 bits per heavy atom. The number of hydrogen-bond donors (Lipinski definition) is 1. The minimum atomic E-state index is 0.587. The first-order chi connectivity index (χ1) is 5.02. The van der Waals surface area contributed by atoms with Gasteiger partial charge in [0.05, 0.1) is 20.6 Å². The molecule has 0 amide bonds. The minimum Gasteiger partial charge on any atom is -0.286 e. The molecular formula is C8H16ClN2+. The lowest BCUT2D eigenvalue weighted by Crippen LogP contribution is -2.38. The maximum atomic E-state index is 7.09. The van der Waals surface area contributed by atoms with Crippen molar-refractivity contribution in [1.82, 2.24) is 0 Å². The lowest BCUT2D eigenvalue weighted by molar-refractivity contribution is -0.792. The van der Waals surface area contributed by atoms with Crippen molar-refractivity contribution in [3.63, 3.8) is 0 Å². The number of hydrogen-bond acceptors (Lipinski definition) is 1. The van der Waals surface area contributed by atoms with Crippen LogP contribution in [0.1, 0.15) is 13.3 Å². The van der Waals surface area contributed by atoms with Crippen LogP contribution >= 0.6 is 11.6 Å². The second kappa shape index (κ2) is 4.52. The van der Waals surface area contributed by atoms with E-state index >= 15 is 0 Å². The molecule has 0 aliphatic carbocycles. The Hall–Kier alpha value is -0.340. The molecule has 64 valence electrons. The summed E-state index contributed by atoms with van der Waals surface area (Å²) in [5.41, 5.74) is 0. The normalized spacial score (nSPS) is 13.3. The van der Waals surface area contributed by atoms with Gasteiger partial charge < -0.3 is 0 Å². The van der Waals surface area contributed by atoms with Crippen LogP contribution in [-0.4, -0.2) is 31.5 Å². The van der Waals surface area contributed by atoms with Gasteiger partial charge in [0.15, 0.2) is 6.34 Å². The third-order valence-corrected chi connectivity index (χ3v) is 2.00. The van der Waals surface area contributed by atoms with Crippen LogP contribution in [-0.2, 0) is 0 Å².